The van der Waals surface area contributed by atoms with Crippen LogP contribution in [0.2, 0.25) is 0 Å². The van der Waals surface area contributed by atoms with Crippen LogP contribution in [0.4, 0.5) is 17.3 Å². The molecule has 1 aromatic carbocycles. The lowest BCUT2D eigenvalue weighted by molar-refractivity contribution is 0.950. The first-order valence-corrected chi connectivity index (χ1v) is 6.77. The fourth-order valence-electron chi connectivity index (χ4n) is 2.04. The zero-order valence-electron chi connectivity index (χ0n) is 12.0. The summed E-state index contributed by atoms with van der Waals surface area (Å²) in [4.78, 5) is 11.1. The van der Waals surface area contributed by atoms with E-state index in [-0.39, 0.29) is 0 Å². The maximum Gasteiger partial charge on any atom is 0.138 e. The van der Waals surface area contributed by atoms with Crippen molar-refractivity contribution in [1.29, 1.82) is 0 Å². The van der Waals surface area contributed by atoms with Gasteiger partial charge in [-0.05, 0) is 26.0 Å². The zero-order chi connectivity index (χ0) is 14.4. The molecule has 0 aliphatic carbocycles. The molecule has 0 unspecified atom stereocenters. The molecule has 0 fully saturated rings. The average Bonchev–Trinajstić information content (AvgIpc) is 2.46. The molecule has 0 aliphatic rings. The number of para-hydroxylation sites is 1. The van der Waals surface area contributed by atoms with Crippen LogP contribution >= 0.6 is 0 Å². The maximum absolute atomic E-state index is 4.54. The second-order valence-corrected chi connectivity index (χ2v) is 4.41. The van der Waals surface area contributed by atoms with Crippen LogP contribution in [0.15, 0.2) is 49.1 Å². The van der Waals surface area contributed by atoms with Crippen LogP contribution in [0, 0.1) is 6.92 Å². The minimum atomic E-state index is 0.688. The van der Waals surface area contributed by atoms with Gasteiger partial charge in [0.25, 0.3) is 0 Å². The highest BCUT2D eigenvalue weighted by Gasteiger charge is 2.10. The van der Waals surface area contributed by atoms with Crippen molar-refractivity contribution >= 4 is 17.3 Å². The Hall–Kier alpha value is -2.36. The molecule has 0 saturated heterocycles. The third-order valence-corrected chi connectivity index (χ3v) is 2.91. The first kappa shape index (κ1) is 14.1. The minimum Gasteiger partial charge on any atom is -0.366 e. The van der Waals surface area contributed by atoms with Crippen LogP contribution in [0.25, 0.3) is 0 Å². The lowest BCUT2D eigenvalue weighted by Crippen LogP contribution is -2.18. The Balaban J connectivity index is 2.34. The fraction of sp³-hybridized carbons (Fsp3) is 0.250. The molecule has 0 radical (unpaired) electrons. The number of hydrogen-bond donors (Lipinski definition) is 1. The topological polar surface area (TPSA) is 41.0 Å². The summed E-state index contributed by atoms with van der Waals surface area (Å²) >= 11 is 0. The lowest BCUT2D eigenvalue weighted by Gasteiger charge is -2.22. The van der Waals surface area contributed by atoms with Gasteiger partial charge >= 0.3 is 0 Å². The van der Waals surface area contributed by atoms with E-state index < -0.39 is 0 Å². The van der Waals surface area contributed by atoms with Gasteiger partial charge in [0.2, 0.25) is 0 Å². The van der Waals surface area contributed by atoms with Gasteiger partial charge in [0.05, 0.1) is 0 Å². The van der Waals surface area contributed by atoms with Crippen LogP contribution < -0.4 is 10.2 Å². The summed E-state index contributed by atoms with van der Waals surface area (Å²) in [5.74, 6) is 2.47. The first-order valence-electron chi connectivity index (χ1n) is 6.77. The molecule has 1 aromatic heterocycles. The second kappa shape index (κ2) is 6.70. The number of aromatic nitrogens is 2. The Kier molecular flexibility index (Phi) is 4.71. The summed E-state index contributed by atoms with van der Waals surface area (Å²) in [5.41, 5.74) is 1.13. The molecule has 0 atom stereocenters. The summed E-state index contributed by atoms with van der Waals surface area (Å²) < 4.78 is 0. The highest BCUT2D eigenvalue weighted by molar-refractivity contribution is 5.62. The zero-order valence-corrected chi connectivity index (χ0v) is 12.0. The Morgan fingerprint density at radius 2 is 2.00 bits per heavy atom. The van der Waals surface area contributed by atoms with E-state index in [1.807, 2.05) is 37.3 Å². The van der Waals surface area contributed by atoms with Gasteiger partial charge in [-0.1, -0.05) is 24.3 Å². The Bertz CT molecular complexity index is 566. The van der Waals surface area contributed by atoms with E-state index in [4.69, 9.17) is 0 Å². The maximum atomic E-state index is 4.54. The van der Waals surface area contributed by atoms with Gasteiger partial charge in [0, 0.05) is 24.8 Å². The van der Waals surface area contributed by atoms with Crippen molar-refractivity contribution < 1.29 is 0 Å². The molecule has 4 nitrogen and oxygen atoms in total. The minimum absolute atomic E-state index is 0.688. The molecule has 0 spiro atoms. The van der Waals surface area contributed by atoms with Crippen molar-refractivity contribution in [2.24, 2.45) is 0 Å². The van der Waals surface area contributed by atoms with E-state index in [9.17, 15) is 0 Å². The second-order valence-electron chi connectivity index (χ2n) is 4.41. The molecule has 20 heavy (non-hydrogen) atoms. The molecule has 104 valence electrons. The normalized spacial score (nSPS) is 10.1. The monoisotopic (exact) mass is 268 g/mol. The number of hydrogen-bond acceptors (Lipinski definition) is 4. The van der Waals surface area contributed by atoms with Crippen LogP contribution in [-0.2, 0) is 0 Å². The number of aryl methyl sites for hydroxylation is 1. The first-order chi connectivity index (χ1) is 9.74. The predicted molar refractivity (Wildman–Crippen MR) is 84.6 cm³/mol. The van der Waals surface area contributed by atoms with Crippen LogP contribution in [0.3, 0.4) is 0 Å². The third kappa shape index (κ3) is 3.35. The van der Waals surface area contributed by atoms with Crippen molar-refractivity contribution in [2.75, 3.05) is 23.3 Å². The van der Waals surface area contributed by atoms with Gasteiger partial charge in [-0.3, -0.25) is 0 Å². The van der Waals surface area contributed by atoms with Crippen LogP contribution in [0.5, 0.6) is 0 Å². The van der Waals surface area contributed by atoms with Crippen molar-refractivity contribution in [2.45, 2.75) is 13.8 Å². The molecular weight excluding hydrogens is 248 g/mol. The molecule has 2 rings (SSSR count). The van der Waals surface area contributed by atoms with E-state index in [1.54, 1.807) is 0 Å². The van der Waals surface area contributed by atoms with E-state index >= 15 is 0 Å². The van der Waals surface area contributed by atoms with E-state index in [0.29, 0.717) is 6.54 Å². The number of benzene rings is 1. The molecule has 4 heteroatoms. The predicted octanol–water partition coefficient (Wildman–Crippen LogP) is 3.54. The molecule has 0 aliphatic heterocycles. The van der Waals surface area contributed by atoms with Crippen molar-refractivity contribution in [3.05, 3.63) is 54.9 Å². The summed E-state index contributed by atoms with van der Waals surface area (Å²) in [6.07, 6.45) is 1.81. The Morgan fingerprint density at radius 1 is 1.25 bits per heavy atom. The van der Waals surface area contributed by atoms with E-state index in [0.717, 1.165) is 29.7 Å². The smallest absolute Gasteiger partial charge is 0.138 e. The Morgan fingerprint density at radius 3 is 2.65 bits per heavy atom. The number of nitrogens with zero attached hydrogens (tertiary/aromatic N) is 3. The largest absolute Gasteiger partial charge is 0.366 e. The summed E-state index contributed by atoms with van der Waals surface area (Å²) in [7, 11) is 0. The SMILES string of the molecule is C=CCNc1cc(N(CC)c2ccccc2)nc(C)n1. The van der Waals surface area contributed by atoms with Gasteiger partial charge in [-0.15, -0.1) is 6.58 Å². The van der Waals surface area contributed by atoms with Gasteiger partial charge in [-0.2, -0.15) is 0 Å². The molecule has 1 heterocycles. The van der Waals surface area contributed by atoms with Crippen LogP contribution in [0.1, 0.15) is 12.7 Å². The molecule has 2 aromatic rings. The van der Waals surface area contributed by atoms with Crippen LogP contribution in [-0.4, -0.2) is 23.1 Å². The molecule has 0 amide bonds. The standard InChI is InChI=1S/C16H20N4/c1-4-11-17-15-12-16(19-13(3)18-15)20(5-2)14-9-7-6-8-10-14/h4,6-10,12H,1,5,11H2,2-3H3,(H,17,18,19). The van der Waals surface area contributed by atoms with Gasteiger partial charge in [0.15, 0.2) is 0 Å². The summed E-state index contributed by atoms with van der Waals surface area (Å²) in [5, 5.41) is 3.21. The van der Waals surface area contributed by atoms with Crippen molar-refractivity contribution in [3.8, 4) is 0 Å². The molecule has 1 N–H and O–H groups in total. The van der Waals surface area contributed by atoms with Gasteiger partial charge in [-0.25, -0.2) is 9.97 Å². The highest BCUT2D eigenvalue weighted by atomic mass is 15.2. The van der Waals surface area contributed by atoms with Crippen molar-refractivity contribution in [1.82, 2.24) is 9.97 Å². The van der Waals surface area contributed by atoms with Gasteiger partial charge in [0.1, 0.15) is 17.5 Å². The number of anilines is 3. The average molecular weight is 268 g/mol. The highest BCUT2D eigenvalue weighted by Crippen LogP contribution is 2.24. The molecular formula is C16H20N4. The van der Waals surface area contributed by atoms with Gasteiger partial charge < -0.3 is 10.2 Å². The number of nitrogens with one attached hydrogen (secondary N) is 1. The summed E-state index contributed by atoms with van der Waals surface area (Å²) in [6, 6.07) is 12.2. The van der Waals surface area contributed by atoms with E-state index in [1.165, 1.54) is 0 Å². The Labute approximate surface area is 120 Å². The molecule has 0 bridgehead atoms. The van der Waals surface area contributed by atoms with Crippen molar-refractivity contribution in [3.63, 3.8) is 0 Å². The third-order valence-electron chi connectivity index (χ3n) is 2.91. The van der Waals surface area contributed by atoms with E-state index in [2.05, 4.69) is 45.8 Å². The lowest BCUT2D eigenvalue weighted by atomic mass is 10.3. The number of rotatable bonds is 6. The molecule has 0 saturated carbocycles. The summed E-state index contributed by atoms with van der Waals surface area (Å²) in [6.45, 7) is 9.26. The fourth-order valence-corrected chi connectivity index (χ4v) is 2.04. The quantitative estimate of drug-likeness (QED) is 0.814.